The van der Waals surface area contributed by atoms with Crippen LogP contribution in [0.5, 0.6) is 5.75 Å². The number of rotatable bonds is 7. The van der Waals surface area contributed by atoms with Crippen LogP contribution in [0.1, 0.15) is 0 Å². The molecular weight excluding hydrogens is 388 g/mol. The number of hydrogen-bond acceptors (Lipinski definition) is 5. The fourth-order valence-corrected chi connectivity index (χ4v) is 4.63. The van der Waals surface area contributed by atoms with Crippen LogP contribution in [-0.2, 0) is 10.0 Å². The monoisotopic (exact) mass is 410 g/mol. The Bertz CT molecular complexity index is 840. The summed E-state index contributed by atoms with van der Waals surface area (Å²) < 4.78 is 32.3. The van der Waals surface area contributed by atoms with Crippen molar-refractivity contribution >= 4 is 21.6 Å². The average molecular weight is 411 g/mol. The summed E-state index contributed by atoms with van der Waals surface area (Å²) in [6.07, 6.45) is -0.682. The van der Waals surface area contributed by atoms with Gasteiger partial charge in [-0.3, -0.25) is 4.90 Å². The molecule has 1 aliphatic heterocycles. The molecule has 0 amide bonds. The van der Waals surface area contributed by atoms with Gasteiger partial charge in [0.2, 0.25) is 10.0 Å². The fraction of sp³-hybridized carbons (Fsp3) is 0.368. The van der Waals surface area contributed by atoms with E-state index in [1.54, 1.807) is 42.5 Å². The normalized spacial score (nSPS) is 17.6. The number of ether oxygens (including phenoxy) is 1. The van der Waals surface area contributed by atoms with Crippen LogP contribution in [0.4, 0.5) is 0 Å². The third-order valence-corrected chi connectivity index (χ3v) is 6.67. The smallest absolute Gasteiger partial charge is 0.243 e. The number of para-hydroxylation sites is 1. The van der Waals surface area contributed by atoms with Gasteiger partial charge in [0.1, 0.15) is 18.5 Å². The molecule has 1 fully saturated rings. The van der Waals surface area contributed by atoms with Crippen molar-refractivity contribution in [3.05, 3.63) is 59.6 Å². The molecule has 1 heterocycles. The fourth-order valence-electron chi connectivity index (χ4n) is 2.99. The maximum Gasteiger partial charge on any atom is 0.243 e. The number of sulfonamides is 1. The molecule has 0 bridgehead atoms. The van der Waals surface area contributed by atoms with Gasteiger partial charge in [0, 0.05) is 32.7 Å². The standard InChI is InChI=1S/C19H23ClN2O4S/c20-18-8-4-5-9-19(18)26-15-16(23)14-21-10-12-22(13-11-21)27(24,25)17-6-2-1-3-7-17/h1-9,16,23H,10-15H2. The number of halogens is 1. The van der Waals surface area contributed by atoms with Gasteiger partial charge in [-0.05, 0) is 24.3 Å². The van der Waals surface area contributed by atoms with Crippen LogP contribution in [-0.4, -0.2) is 68.2 Å². The second kappa shape index (κ2) is 9.03. The van der Waals surface area contributed by atoms with Crippen LogP contribution in [0, 0.1) is 0 Å². The maximum absolute atomic E-state index is 12.6. The number of nitrogens with zero attached hydrogens (tertiary/aromatic N) is 2. The number of hydrogen-bond donors (Lipinski definition) is 1. The molecule has 1 unspecified atom stereocenters. The Labute approximate surface area is 165 Å². The van der Waals surface area contributed by atoms with Gasteiger partial charge in [-0.2, -0.15) is 4.31 Å². The average Bonchev–Trinajstić information content (AvgIpc) is 2.68. The molecule has 27 heavy (non-hydrogen) atoms. The van der Waals surface area contributed by atoms with Crippen molar-refractivity contribution in [1.82, 2.24) is 9.21 Å². The number of piperazine rings is 1. The predicted molar refractivity (Wildman–Crippen MR) is 105 cm³/mol. The van der Waals surface area contributed by atoms with Crippen molar-refractivity contribution < 1.29 is 18.3 Å². The maximum atomic E-state index is 12.6. The summed E-state index contributed by atoms with van der Waals surface area (Å²) in [7, 11) is -3.46. The van der Waals surface area contributed by atoms with Gasteiger partial charge in [0.15, 0.2) is 0 Å². The van der Waals surface area contributed by atoms with Crippen LogP contribution >= 0.6 is 11.6 Å². The van der Waals surface area contributed by atoms with E-state index in [9.17, 15) is 13.5 Å². The number of benzene rings is 2. The third kappa shape index (κ3) is 5.21. The van der Waals surface area contributed by atoms with Crippen molar-refractivity contribution in [2.75, 3.05) is 39.3 Å². The van der Waals surface area contributed by atoms with Gasteiger partial charge < -0.3 is 9.84 Å². The molecule has 6 nitrogen and oxygen atoms in total. The molecule has 146 valence electrons. The minimum atomic E-state index is -3.46. The van der Waals surface area contributed by atoms with Crippen molar-refractivity contribution in [3.63, 3.8) is 0 Å². The Morgan fingerprint density at radius 2 is 1.63 bits per heavy atom. The highest BCUT2D eigenvalue weighted by molar-refractivity contribution is 7.89. The van der Waals surface area contributed by atoms with E-state index in [1.807, 2.05) is 17.0 Å². The SMILES string of the molecule is O=S(=O)(c1ccccc1)N1CCN(CC(O)COc2ccccc2Cl)CC1. The summed E-state index contributed by atoms with van der Waals surface area (Å²) in [6, 6.07) is 15.6. The molecule has 2 aromatic carbocycles. The van der Waals surface area contributed by atoms with Gasteiger partial charge in [0.05, 0.1) is 9.92 Å². The summed E-state index contributed by atoms with van der Waals surface area (Å²) in [5.41, 5.74) is 0. The molecule has 0 saturated carbocycles. The molecule has 1 N–H and O–H groups in total. The minimum absolute atomic E-state index is 0.131. The van der Waals surface area contributed by atoms with Crippen molar-refractivity contribution in [3.8, 4) is 5.75 Å². The summed E-state index contributed by atoms with van der Waals surface area (Å²) in [5.74, 6) is 0.539. The highest BCUT2D eigenvalue weighted by Gasteiger charge is 2.28. The van der Waals surface area contributed by atoms with Gasteiger partial charge in [-0.25, -0.2) is 8.42 Å². The van der Waals surface area contributed by atoms with Crippen LogP contribution in [0.2, 0.25) is 5.02 Å². The summed E-state index contributed by atoms with van der Waals surface area (Å²) in [4.78, 5) is 2.35. The first-order valence-corrected chi connectivity index (χ1v) is 10.6. The second-order valence-electron chi connectivity index (χ2n) is 6.41. The Morgan fingerprint density at radius 3 is 2.30 bits per heavy atom. The van der Waals surface area contributed by atoms with Gasteiger partial charge in [-0.1, -0.05) is 41.9 Å². The first-order chi connectivity index (χ1) is 13.0. The van der Waals surface area contributed by atoms with Crippen molar-refractivity contribution in [2.45, 2.75) is 11.0 Å². The molecule has 0 aromatic heterocycles. The first kappa shape index (κ1) is 20.1. The Hall–Kier alpha value is -1.64. The lowest BCUT2D eigenvalue weighted by Gasteiger charge is -2.34. The van der Waals surface area contributed by atoms with Gasteiger partial charge >= 0.3 is 0 Å². The molecule has 1 atom stereocenters. The number of β-amino-alcohol motifs (C(OH)–C–C–N with tert-alkyl or cyclic N) is 1. The van der Waals surface area contributed by atoms with Crippen molar-refractivity contribution in [2.24, 2.45) is 0 Å². The second-order valence-corrected chi connectivity index (χ2v) is 8.76. The summed E-state index contributed by atoms with van der Waals surface area (Å²) in [5, 5.41) is 10.7. The highest BCUT2D eigenvalue weighted by Crippen LogP contribution is 2.23. The molecular formula is C19H23ClN2O4S. The molecule has 0 aliphatic carbocycles. The first-order valence-electron chi connectivity index (χ1n) is 8.80. The zero-order valence-corrected chi connectivity index (χ0v) is 16.4. The summed E-state index contributed by atoms with van der Waals surface area (Å²) in [6.45, 7) is 2.48. The van der Waals surface area contributed by atoms with E-state index in [0.29, 0.717) is 48.4 Å². The highest BCUT2D eigenvalue weighted by atomic mass is 35.5. The lowest BCUT2D eigenvalue weighted by molar-refractivity contribution is 0.0569. The predicted octanol–water partition coefficient (Wildman–Crippen LogP) is 2.09. The van der Waals surface area contributed by atoms with E-state index in [4.69, 9.17) is 16.3 Å². The molecule has 3 rings (SSSR count). The molecule has 0 radical (unpaired) electrons. The van der Waals surface area contributed by atoms with E-state index in [2.05, 4.69) is 0 Å². The zero-order chi connectivity index (χ0) is 19.3. The van der Waals surface area contributed by atoms with Crippen LogP contribution in [0.25, 0.3) is 0 Å². The molecule has 1 aliphatic rings. The molecule has 8 heteroatoms. The number of aliphatic hydroxyl groups is 1. The Kier molecular flexibility index (Phi) is 6.73. The van der Waals surface area contributed by atoms with E-state index >= 15 is 0 Å². The zero-order valence-electron chi connectivity index (χ0n) is 14.9. The van der Waals surface area contributed by atoms with E-state index in [-0.39, 0.29) is 6.61 Å². The number of aliphatic hydroxyl groups excluding tert-OH is 1. The molecule has 2 aromatic rings. The van der Waals surface area contributed by atoms with Crippen LogP contribution in [0.15, 0.2) is 59.5 Å². The van der Waals surface area contributed by atoms with Crippen LogP contribution < -0.4 is 4.74 Å². The quantitative estimate of drug-likeness (QED) is 0.756. The topological polar surface area (TPSA) is 70.1 Å². The Balaban J connectivity index is 1.47. The Morgan fingerprint density at radius 1 is 1.00 bits per heavy atom. The van der Waals surface area contributed by atoms with E-state index < -0.39 is 16.1 Å². The molecule has 1 saturated heterocycles. The third-order valence-electron chi connectivity index (χ3n) is 4.45. The van der Waals surface area contributed by atoms with Crippen molar-refractivity contribution in [1.29, 1.82) is 0 Å². The lowest BCUT2D eigenvalue weighted by Crippen LogP contribution is -2.50. The van der Waals surface area contributed by atoms with Gasteiger partial charge in [-0.15, -0.1) is 0 Å². The van der Waals surface area contributed by atoms with E-state index in [0.717, 1.165) is 0 Å². The lowest BCUT2D eigenvalue weighted by atomic mass is 10.3. The van der Waals surface area contributed by atoms with Gasteiger partial charge in [0.25, 0.3) is 0 Å². The van der Waals surface area contributed by atoms with E-state index in [1.165, 1.54) is 4.31 Å². The minimum Gasteiger partial charge on any atom is -0.489 e. The molecule has 0 spiro atoms. The van der Waals surface area contributed by atoms with Crippen LogP contribution in [0.3, 0.4) is 0 Å². The summed E-state index contributed by atoms with van der Waals surface area (Å²) >= 11 is 6.03. The largest absolute Gasteiger partial charge is 0.489 e.